The monoisotopic (exact) mass is 385 g/mol. The highest BCUT2D eigenvalue weighted by atomic mass is 35.5. The molecule has 0 bridgehead atoms. The number of alkyl halides is 3. The molecule has 2 N–H and O–H groups in total. The van der Waals surface area contributed by atoms with Crippen molar-refractivity contribution < 1.29 is 21.6 Å². The summed E-state index contributed by atoms with van der Waals surface area (Å²) in [6, 6.07) is 2.27. The van der Waals surface area contributed by atoms with Gasteiger partial charge in [-0.05, 0) is 30.7 Å². The first-order chi connectivity index (χ1) is 11.1. The Morgan fingerprint density at radius 2 is 1.96 bits per heavy atom. The summed E-state index contributed by atoms with van der Waals surface area (Å²) in [5.74, 6) is 0. The molecule has 1 aromatic carbocycles. The molecule has 0 radical (unpaired) electrons. The summed E-state index contributed by atoms with van der Waals surface area (Å²) in [6.07, 6.45) is -4.52. The van der Waals surface area contributed by atoms with Crippen molar-refractivity contribution in [2.75, 3.05) is 32.7 Å². The van der Waals surface area contributed by atoms with E-state index in [4.69, 9.17) is 11.6 Å². The molecule has 0 aliphatic carbocycles. The molecule has 1 heterocycles. The Morgan fingerprint density at radius 3 is 2.50 bits per heavy atom. The van der Waals surface area contributed by atoms with E-state index >= 15 is 0 Å². The second-order valence-corrected chi connectivity index (χ2v) is 7.78. The van der Waals surface area contributed by atoms with Crippen molar-refractivity contribution in [1.82, 2.24) is 14.9 Å². The molecule has 2 rings (SSSR count). The number of piperazine rings is 1. The van der Waals surface area contributed by atoms with Gasteiger partial charge < -0.3 is 5.32 Å². The molecule has 1 aliphatic heterocycles. The van der Waals surface area contributed by atoms with Crippen LogP contribution in [0.3, 0.4) is 0 Å². The topological polar surface area (TPSA) is 61.4 Å². The molecule has 1 aliphatic rings. The van der Waals surface area contributed by atoms with Gasteiger partial charge in [-0.2, -0.15) is 13.2 Å². The Hall–Kier alpha value is -0.870. The summed E-state index contributed by atoms with van der Waals surface area (Å²) in [7, 11) is -4.05. The Labute approximate surface area is 144 Å². The molecule has 1 saturated heterocycles. The molecule has 0 aromatic heterocycles. The van der Waals surface area contributed by atoms with E-state index in [9.17, 15) is 21.6 Å². The molecule has 0 spiro atoms. The number of nitrogens with one attached hydrogen (secondary N) is 2. The zero-order chi connectivity index (χ0) is 18.0. The second kappa shape index (κ2) is 7.57. The average molecular weight is 386 g/mol. The van der Waals surface area contributed by atoms with Crippen molar-refractivity contribution in [3.05, 3.63) is 28.8 Å². The summed E-state index contributed by atoms with van der Waals surface area (Å²) >= 11 is 5.78. The van der Waals surface area contributed by atoms with Gasteiger partial charge in [0.15, 0.2) is 0 Å². The molecule has 136 valence electrons. The normalized spacial score (nSPS) is 18.5. The maximum Gasteiger partial charge on any atom is 0.405 e. The highest BCUT2D eigenvalue weighted by Crippen LogP contribution is 2.26. The fourth-order valence-electron chi connectivity index (χ4n) is 2.63. The van der Waals surface area contributed by atoms with Gasteiger partial charge in [0.2, 0.25) is 10.0 Å². The quantitative estimate of drug-likeness (QED) is 0.811. The molecular formula is C14H19ClF3N3O2S. The molecule has 24 heavy (non-hydrogen) atoms. The largest absolute Gasteiger partial charge is 0.405 e. The third kappa shape index (κ3) is 4.82. The number of aryl methyl sites for hydroxylation is 1. The first-order valence-corrected chi connectivity index (χ1v) is 9.24. The van der Waals surface area contributed by atoms with E-state index in [1.165, 1.54) is 30.0 Å². The number of rotatable bonds is 5. The van der Waals surface area contributed by atoms with E-state index in [1.807, 2.05) is 0 Å². The summed E-state index contributed by atoms with van der Waals surface area (Å²) in [4.78, 5) is 1.17. The van der Waals surface area contributed by atoms with Crippen LogP contribution < -0.4 is 10.0 Å². The molecule has 0 saturated carbocycles. The number of halogens is 4. The van der Waals surface area contributed by atoms with Gasteiger partial charge in [0.1, 0.15) is 6.04 Å². The molecular weight excluding hydrogens is 367 g/mol. The minimum Gasteiger partial charge on any atom is -0.314 e. The van der Waals surface area contributed by atoms with Gasteiger partial charge >= 0.3 is 6.18 Å². The van der Waals surface area contributed by atoms with Crippen molar-refractivity contribution in [3.8, 4) is 0 Å². The number of hydrogen-bond donors (Lipinski definition) is 2. The average Bonchev–Trinajstić information content (AvgIpc) is 2.46. The third-order valence-corrected chi connectivity index (χ3v) is 5.68. The number of sulfonamides is 1. The van der Waals surface area contributed by atoms with E-state index in [0.29, 0.717) is 23.7 Å². The molecule has 1 atom stereocenters. The van der Waals surface area contributed by atoms with Crippen molar-refractivity contribution in [2.45, 2.75) is 24.0 Å². The van der Waals surface area contributed by atoms with Crippen molar-refractivity contribution >= 4 is 21.6 Å². The zero-order valence-corrected chi connectivity index (χ0v) is 14.6. The standard InChI is InChI=1S/C14H19ClF3N3O2S/c1-10-8-11(15)2-3-12(10)24(22,23)20-9-13(14(16,17)18)21-6-4-19-5-7-21/h2-3,8,13,19-20H,4-7,9H2,1H3. The summed E-state index contributed by atoms with van der Waals surface area (Å²) in [6.45, 7) is 2.12. The fourth-order valence-corrected chi connectivity index (χ4v) is 4.12. The van der Waals surface area contributed by atoms with Crippen molar-refractivity contribution in [3.63, 3.8) is 0 Å². The van der Waals surface area contributed by atoms with Crippen molar-refractivity contribution in [2.24, 2.45) is 0 Å². The van der Waals surface area contributed by atoms with Crippen LogP contribution in [0.2, 0.25) is 5.02 Å². The Morgan fingerprint density at radius 1 is 1.33 bits per heavy atom. The maximum atomic E-state index is 13.3. The van der Waals surface area contributed by atoms with E-state index in [-0.39, 0.29) is 18.0 Å². The van der Waals surface area contributed by atoms with Crippen molar-refractivity contribution in [1.29, 1.82) is 0 Å². The van der Waals surface area contributed by atoms with Gasteiger partial charge in [0.25, 0.3) is 0 Å². The van der Waals surface area contributed by atoms with Crippen LogP contribution in [0.4, 0.5) is 13.2 Å². The van der Waals surface area contributed by atoms with E-state index in [0.717, 1.165) is 0 Å². The van der Waals surface area contributed by atoms with Crippen LogP contribution in [0.15, 0.2) is 23.1 Å². The number of benzene rings is 1. The molecule has 5 nitrogen and oxygen atoms in total. The Kier molecular flexibility index (Phi) is 6.14. The molecule has 1 unspecified atom stereocenters. The minimum atomic E-state index is -4.52. The summed E-state index contributed by atoms with van der Waals surface area (Å²) in [5.41, 5.74) is 0.376. The van der Waals surface area contributed by atoms with E-state index in [2.05, 4.69) is 10.0 Å². The van der Waals surface area contributed by atoms with Crippen LogP contribution in [0.1, 0.15) is 5.56 Å². The first-order valence-electron chi connectivity index (χ1n) is 7.38. The van der Waals surface area contributed by atoms with Gasteiger partial charge in [0, 0.05) is 37.7 Å². The number of nitrogens with zero attached hydrogens (tertiary/aromatic N) is 1. The van der Waals surface area contributed by atoms with Gasteiger partial charge in [-0.15, -0.1) is 0 Å². The predicted molar refractivity (Wildman–Crippen MR) is 85.7 cm³/mol. The second-order valence-electron chi connectivity index (χ2n) is 5.61. The van der Waals surface area contributed by atoms with Gasteiger partial charge in [-0.1, -0.05) is 11.6 Å². The van der Waals surface area contributed by atoms with Crippen LogP contribution >= 0.6 is 11.6 Å². The zero-order valence-electron chi connectivity index (χ0n) is 13.0. The molecule has 0 amide bonds. The van der Waals surface area contributed by atoms with Crippen LogP contribution in [0.5, 0.6) is 0 Å². The van der Waals surface area contributed by atoms with E-state index < -0.39 is 28.8 Å². The van der Waals surface area contributed by atoms with E-state index in [1.54, 1.807) is 0 Å². The smallest absolute Gasteiger partial charge is 0.314 e. The first kappa shape index (κ1) is 19.5. The minimum absolute atomic E-state index is 0.0758. The molecule has 1 aromatic rings. The lowest BCUT2D eigenvalue weighted by atomic mass is 10.2. The SMILES string of the molecule is Cc1cc(Cl)ccc1S(=O)(=O)NCC(N1CCNCC1)C(F)(F)F. The highest BCUT2D eigenvalue weighted by molar-refractivity contribution is 7.89. The third-order valence-electron chi connectivity index (χ3n) is 3.86. The molecule has 10 heteroatoms. The lowest BCUT2D eigenvalue weighted by molar-refractivity contribution is -0.182. The van der Waals surface area contributed by atoms with Crippen LogP contribution in [-0.2, 0) is 10.0 Å². The van der Waals surface area contributed by atoms with Gasteiger partial charge in [-0.25, -0.2) is 13.1 Å². The summed E-state index contributed by atoms with van der Waals surface area (Å²) in [5, 5.41) is 3.33. The number of hydrogen-bond acceptors (Lipinski definition) is 4. The Balaban J connectivity index is 2.15. The van der Waals surface area contributed by atoms with Gasteiger partial charge in [0.05, 0.1) is 4.90 Å². The summed E-state index contributed by atoms with van der Waals surface area (Å²) < 4.78 is 66.6. The fraction of sp³-hybridized carbons (Fsp3) is 0.571. The van der Waals surface area contributed by atoms with Crippen LogP contribution in [0, 0.1) is 6.92 Å². The lowest BCUT2D eigenvalue weighted by Gasteiger charge is -2.35. The van der Waals surface area contributed by atoms with Gasteiger partial charge in [-0.3, -0.25) is 4.90 Å². The van der Waals surface area contributed by atoms with Crippen LogP contribution in [-0.4, -0.2) is 58.3 Å². The predicted octanol–water partition coefficient (Wildman–Crippen LogP) is 1.76. The highest BCUT2D eigenvalue weighted by Gasteiger charge is 2.44. The van der Waals surface area contributed by atoms with Crippen LogP contribution in [0.25, 0.3) is 0 Å². The molecule has 1 fully saturated rings. The maximum absolute atomic E-state index is 13.3. The Bertz CT molecular complexity index is 676. The lowest BCUT2D eigenvalue weighted by Crippen LogP contribution is -2.57.